The van der Waals surface area contributed by atoms with E-state index in [9.17, 15) is 5.26 Å². The molecule has 4 heterocycles. The molecule has 0 bridgehead atoms. The number of hydrogen-bond donors (Lipinski definition) is 0. The van der Waals surface area contributed by atoms with Crippen LogP contribution in [0.3, 0.4) is 0 Å². The first-order valence-electron chi connectivity index (χ1n) is 19.9. The van der Waals surface area contributed by atoms with E-state index in [-0.39, 0.29) is 36.4 Å². The predicted molar refractivity (Wildman–Crippen MR) is 239 cm³/mol. The van der Waals surface area contributed by atoms with Crippen molar-refractivity contribution in [2.24, 2.45) is 0 Å². The number of fused-ring (bicyclic) bond motifs is 6. The van der Waals surface area contributed by atoms with Crippen LogP contribution < -0.4 is 0 Å². The number of furan rings is 1. The number of rotatable bonds is 3. The number of hydrogen-bond acceptors (Lipinski definition) is 4. The Labute approximate surface area is 361 Å². The Bertz CT molecular complexity index is 2920. The SMILES string of the molecule is CC(C)(C)c1ccc(-c2[c-]cccc2)nc1.CC(C)(C)c1ccc2c3ccc(C(C)(C)C)cc3n(-c3c(C#N)ccc4c3oc3c(-c5ccccn5)[c-]ccc34)c2c1.[Ir]. The number of nitrogens with zero attached hydrogens (tertiary/aromatic N) is 4. The van der Waals surface area contributed by atoms with Gasteiger partial charge in [0.05, 0.1) is 22.2 Å². The van der Waals surface area contributed by atoms with Crippen LogP contribution in [0.5, 0.6) is 0 Å². The molecule has 0 amide bonds. The Balaban J connectivity index is 0.000000262. The topological polar surface area (TPSA) is 67.6 Å². The zero-order valence-electron chi connectivity index (χ0n) is 35.2. The van der Waals surface area contributed by atoms with Gasteiger partial charge in [-0.2, -0.15) is 5.26 Å². The second-order valence-corrected chi connectivity index (χ2v) is 18.1. The Morgan fingerprint density at radius 2 is 1.19 bits per heavy atom. The fraction of sp³-hybridized carbons (Fsp3) is 0.226. The molecule has 0 aliphatic carbocycles. The molecule has 5 nitrogen and oxygen atoms in total. The zero-order valence-corrected chi connectivity index (χ0v) is 37.5. The average molecular weight is 949 g/mol. The van der Waals surface area contributed by atoms with Gasteiger partial charge in [-0.05, 0) is 68.6 Å². The maximum absolute atomic E-state index is 10.5. The van der Waals surface area contributed by atoms with Crippen molar-refractivity contribution in [2.75, 3.05) is 0 Å². The molecule has 59 heavy (non-hydrogen) atoms. The van der Waals surface area contributed by atoms with Gasteiger partial charge in [0.1, 0.15) is 17.3 Å². The summed E-state index contributed by atoms with van der Waals surface area (Å²) in [7, 11) is 0. The number of benzene rings is 5. The molecule has 0 aliphatic heterocycles. The van der Waals surface area contributed by atoms with Gasteiger partial charge in [0, 0.05) is 48.7 Å². The second kappa shape index (κ2) is 15.7. The van der Waals surface area contributed by atoms with Crippen molar-refractivity contribution in [3.8, 4) is 34.3 Å². The number of aromatic nitrogens is 3. The summed E-state index contributed by atoms with van der Waals surface area (Å²) >= 11 is 0. The van der Waals surface area contributed by atoms with Crippen molar-refractivity contribution in [1.82, 2.24) is 14.5 Å². The fourth-order valence-electron chi connectivity index (χ4n) is 7.55. The van der Waals surface area contributed by atoms with E-state index in [1.54, 1.807) is 6.20 Å². The van der Waals surface area contributed by atoms with Gasteiger partial charge >= 0.3 is 0 Å². The summed E-state index contributed by atoms with van der Waals surface area (Å²) in [6.07, 6.45) is 3.73. The minimum atomic E-state index is -0.0388. The predicted octanol–water partition coefficient (Wildman–Crippen LogP) is 13.9. The third kappa shape index (κ3) is 7.86. The van der Waals surface area contributed by atoms with E-state index in [1.807, 2.05) is 72.9 Å². The van der Waals surface area contributed by atoms with Crippen molar-refractivity contribution in [3.63, 3.8) is 0 Å². The third-order valence-corrected chi connectivity index (χ3v) is 11.0. The summed E-state index contributed by atoms with van der Waals surface area (Å²) < 4.78 is 9.04. The molecular weight excluding hydrogens is 901 g/mol. The molecule has 4 aromatic heterocycles. The normalized spacial score (nSPS) is 12.0. The van der Waals surface area contributed by atoms with E-state index in [4.69, 9.17) is 4.42 Å². The molecule has 0 saturated heterocycles. The maximum Gasteiger partial charge on any atom is 0.146 e. The van der Waals surface area contributed by atoms with E-state index in [0.29, 0.717) is 16.7 Å². The van der Waals surface area contributed by atoms with Gasteiger partial charge in [0.25, 0.3) is 0 Å². The first-order valence-corrected chi connectivity index (χ1v) is 19.9. The van der Waals surface area contributed by atoms with Crippen LogP contribution >= 0.6 is 0 Å². The maximum atomic E-state index is 10.5. The smallest absolute Gasteiger partial charge is 0.146 e. The van der Waals surface area contributed by atoms with Gasteiger partial charge in [-0.3, -0.25) is 0 Å². The Hall–Kier alpha value is -5.86. The summed E-state index contributed by atoms with van der Waals surface area (Å²) in [4.78, 5) is 9.06. The summed E-state index contributed by atoms with van der Waals surface area (Å²) in [5.41, 5.74) is 12.3. The molecule has 5 aromatic carbocycles. The van der Waals surface area contributed by atoms with Gasteiger partial charge in [-0.25, -0.2) is 0 Å². The molecule has 0 unspecified atom stereocenters. The van der Waals surface area contributed by atoms with Crippen LogP contribution in [0.2, 0.25) is 0 Å². The van der Waals surface area contributed by atoms with Crippen molar-refractivity contribution in [1.29, 1.82) is 5.26 Å². The molecule has 297 valence electrons. The third-order valence-electron chi connectivity index (χ3n) is 11.0. The van der Waals surface area contributed by atoms with E-state index < -0.39 is 0 Å². The molecule has 0 spiro atoms. The summed E-state index contributed by atoms with van der Waals surface area (Å²) in [6.45, 7) is 20.0. The van der Waals surface area contributed by atoms with Crippen LogP contribution in [-0.2, 0) is 36.4 Å². The van der Waals surface area contributed by atoms with Crippen LogP contribution in [-0.4, -0.2) is 14.5 Å². The first-order chi connectivity index (χ1) is 27.6. The van der Waals surface area contributed by atoms with E-state index in [1.165, 1.54) is 16.7 Å². The molecule has 0 fully saturated rings. The summed E-state index contributed by atoms with van der Waals surface area (Å²) in [6, 6.07) is 48.3. The minimum absolute atomic E-state index is 0. The monoisotopic (exact) mass is 949 g/mol. The molecule has 6 heteroatoms. The van der Waals surface area contributed by atoms with Crippen molar-refractivity contribution in [3.05, 3.63) is 162 Å². The van der Waals surface area contributed by atoms with Gasteiger partial charge < -0.3 is 19.0 Å². The molecule has 9 aromatic rings. The van der Waals surface area contributed by atoms with Crippen LogP contribution in [0.4, 0.5) is 0 Å². The zero-order chi connectivity index (χ0) is 41.0. The van der Waals surface area contributed by atoms with Gasteiger partial charge in [0.15, 0.2) is 0 Å². The Morgan fingerprint density at radius 3 is 1.73 bits per heavy atom. The van der Waals surface area contributed by atoms with Gasteiger partial charge in [0.2, 0.25) is 0 Å². The minimum Gasteiger partial charge on any atom is -0.498 e. The molecule has 9 rings (SSSR count). The second-order valence-electron chi connectivity index (χ2n) is 18.1. The summed E-state index contributed by atoms with van der Waals surface area (Å²) in [5.74, 6) is 0. The Kier molecular flexibility index (Phi) is 11.0. The van der Waals surface area contributed by atoms with Crippen molar-refractivity contribution >= 4 is 43.7 Å². The fourth-order valence-corrected chi connectivity index (χ4v) is 7.55. The van der Waals surface area contributed by atoms with Crippen LogP contribution in [0.15, 0.2) is 132 Å². The average Bonchev–Trinajstić information content (AvgIpc) is 3.75. The molecule has 0 N–H and O–H groups in total. The molecule has 0 atom stereocenters. The molecule has 0 saturated carbocycles. The number of pyridine rings is 2. The quantitative estimate of drug-likeness (QED) is 0.166. The standard InChI is InChI=1S/C38H32N3O.C15H16N.Ir/c1-37(2,3)24-14-17-26-27-18-15-25(38(4,5)6)21-33(27)41(32(26)20-24)34-23(22-39)13-16-29-28-10-9-11-30(35(28)42-36(29)34)31-12-7-8-19-40-31;1-15(2,3)13-9-10-14(16-11-13)12-7-5-4-6-8-12;/h7-10,12-21H,1-6H3;4-7,9-11H,1-3H3;/q2*-1;. The van der Waals surface area contributed by atoms with E-state index in [2.05, 4.69) is 144 Å². The number of nitriles is 1. The summed E-state index contributed by atoms with van der Waals surface area (Å²) in [5, 5.41) is 14.7. The van der Waals surface area contributed by atoms with E-state index >= 15 is 0 Å². The van der Waals surface area contributed by atoms with Crippen LogP contribution in [0, 0.1) is 23.5 Å². The molecule has 1 radical (unpaired) electrons. The molecular formula is C53H48IrN4O-2. The van der Waals surface area contributed by atoms with Gasteiger partial charge in [-0.15, -0.1) is 54.1 Å². The van der Waals surface area contributed by atoms with Crippen molar-refractivity contribution < 1.29 is 24.5 Å². The van der Waals surface area contributed by atoms with Crippen LogP contribution in [0.25, 0.3) is 71.9 Å². The molecule has 0 aliphatic rings. The first kappa shape index (κ1) is 41.3. The van der Waals surface area contributed by atoms with Crippen LogP contribution in [0.1, 0.15) is 84.6 Å². The Morgan fingerprint density at radius 1 is 0.576 bits per heavy atom. The van der Waals surface area contributed by atoms with Gasteiger partial charge in [-0.1, -0.05) is 128 Å². The van der Waals surface area contributed by atoms with Crippen molar-refractivity contribution in [2.45, 2.75) is 78.6 Å². The van der Waals surface area contributed by atoms with E-state index in [0.717, 1.165) is 60.8 Å². The largest absolute Gasteiger partial charge is 0.498 e.